The maximum Gasteiger partial charge on any atom is 0.225 e. The summed E-state index contributed by atoms with van der Waals surface area (Å²) in [5.74, 6) is 1.04. The monoisotopic (exact) mass is 394 g/mol. The second-order valence-electron chi connectivity index (χ2n) is 6.52. The standard InChI is InChI=1S/C20H15ClN4O3/c1-27-17-7-4-11(9-13(17)21)25-23-15-6-5-14-19(20(15)24-25)12(10-18(26)22-14)16-3-2-8-28-16/h2-9,12H,10H2,1H3,(H,22,26)/t12-/m0/s1. The number of nitrogens with zero attached hydrogens (tertiary/aromatic N) is 3. The van der Waals surface area contributed by atoms with E-state index in [-0.39, 0.29) is 11.8 Å². The maximum absolute atomic E-state index is 12.2. The quantitative estimate of drug-likeness (QED) is 0.564. The van der Waals surface area contributed by atoms with Crippen LogP contribution in [-0.4, -0.2) is 28.0 Å². The van der Waals surface area contributed by atoms with E-state index in [0.29, 0.717) is 28.4 Å². The van der Waals surface area contributed by atoms with Gasteiger partial charge in [0.2, 0.25) is 5.91 Å². The minimum Gasteiger partial charge on any atom is -0.495 e. The van der Waals surface area contributed by atoms with Crippen molar-refractivity contribution in [3.05, 3.63) is 65.1 Å². The molecule has 1 aliphatic rings. The Morgan fingerprint density at radius 3 is 2.89 bits per heavy atom. The molecule has 0 unspecified atom stereocenters. The van der Waals surface area contributed by atoms with Crippen LogP contribution >= 0.6 is 11.6 Å². The van der Waals surface area contributed by atoms with Crippen molar-refractivity contribution in [3.63, 3.8) is 0 Å². The molecule has 3 heterocycles. The van der Waals surface area contributed by atoms with Crippen LogP contribution in [0.2, 0.25) is 5.02 Å². The number of ether oxygens (including phenoxy) is 1. The lowest BCUT2D eigenvalue weighted by atomic mass is 9.87. The van der Waals surface area contributed by atoms with Crippen molar-refractivity contribution < 1.29 is 13.9 Å². The molecule has 2 aromatic heterocycles. The molecule has 7 nitrogen and oxygen atoms in total. The summed E-state index contributed by atoms with van der Waals surface area (Å²) in [6.07, 6.45) is 1.90. The first-order chi connectivity index (χ1) is 13.6. The molecule has 0 saturated heterocycles. The molecule has 2 aromatic carbocycles. The van der Waals surface area contributed by atoms with Crippen LogP contribution in [0.4, 0.5) is 5.69 Å². The van der Waals surface area contributed by atoms with Crippen LogP contribution in [0.1, 0.15) is 23.7 Å². The van der Waals surface area contributed by atoms with Gasteiger partial charge in [0.25, 0.3) is 0 Å². The average Bonchev–Trinajstić information content (AvgIpc) is 3.36. The topological polar surface area (TPSA) is 82.2 Å². The molecule has 1 amide bonds. The molecule has 28 heavy (non-hydrogen) atoms. The number of methoxy groups -OCH3 is 1. The van der Waals surface area contributed by atoms with Crippen molar-refractivity contribution in [2.24, 2.45) is 0 Å². The molecule has 0 radical (unpaired) electrons. The van der Waals surface area contributed by atoms with E-state index in [0.717, 1.165) is 22.5 Å². The van der Waals surface area contributed by atoms with Crippen molar-refractivity contribution in [3.8, 4) is 11.4 Å². The molecule has 0 aliphatic carbocycles. The van der Waals surface area contributed by atoms with Crippen LogP contribution in [0, 0.1) is 0 Å². The van der Waals surface area contributed by atoms with E-state index in [1.807, 2.05) is 30.3 Å². The fraction of sp³-hybridized carbons (Fsp3) is 0.150. The Morgan fingerprint density at radius 1 is 1.25 bits per heavy atom. The molecule has 0 fully saturated rings. The number of aromatic nitrogens is 3. The maximum atomic E-state index is 12.2. The lowest BCUT2D eigenvalue weighted by molar-refractivity contribution is -0.116. The lowest BCUT2D eigenvalue weighted by Gasteiger charge is -2.24. The van der Waals surface area contributed by atoms with Crippen LogP contribution in [0.25, 0.3) is 16.7 Å². The van der Waals surface area contributed by atoms with Crippen molar-refractivity contribution in [2.45, 2.75) is 12.3 Å². The second kappa shape index (κ2) is 6.38. The second-order valence-corrected chi connectivity index (χ2v) is 6.93. The number of carbonyl (C=O) groups is 1. The van der Waals surface area contributed by atoms with Gasteiger partial charge >= 0.3 is 0 Å². The molecule has 140 valence electrons. The van der Waals surface area contributed by atoms with Gasteiger partial charge in [-0.2, -0.15) is 4.80 Å². The highest BCUT2D eigenvalue weighted by molar-refractivity contribution is 6.32. The van der Waals surface area contributed by atoms with Crippen LogP contribution in [-0.2, 0) is 4.79 Å². The van der Waals surface area contributed by atoms with E-state index in [4.69, 9.17) is 25.9 Å². The molecule has 0 spiro atoms. The Balaban J connectivity index is 1.68. The zero-order valence-electron chi connectivity index (χ0n) is 14.8. The van der Waals surface area contributed by atoms with Gasteiger partial charge in [-0.1, -0.05) is 11.6 Å². The summed E-state index contributed by atoms with van der Waals surface area (Å²) in [6.45, 7) is 0. The smallest absolute Gasteiger partial charge is 0.225 e. The number of furan rings is 1. The van der Waals surface area contributed by atoms with Gasteiger partial charge in [0.15, 0.2) is 0 Å². The molecule has 5 rings (SSSR count). The predicted octanol–water partition coefficient (Wildman–Crippen LogP) is 4.15. The number of amides is 1. The molecule has 4 aromatic rings. The van der Waals surface area contributed by atoms with Crippen molar-refractivity contribution in [1.29, 1.82) is 0 Å². The van der Waals surface area contributed by atoms with E-state index in [1.54, 1.807) is 25.5 Å². The summed E-state index contributed by atoms with van der Waals surface area (Å²) in [7, 11) is 1.57. The molecule has 1 aliphatic heterocycles. The van der Waals surface area contributed by atoms with Gasteiger partial charge in [-0.25, -0.2) is 0 Å². The normalized spacial score (nSPS) is 16.1. The fourth-order valence-electron chi connectivity index (χ4n) is 3.58. The Morgan fingerprint density at radius 2 is 2.14 bits per heavy atom. The van der Waals surface area contributed by atoms with Crippen LogP contribution < -0.4 is 10.1 Å². The summed E-state index contributed by atoms with van der Waals surface area (Å²) in [5, 5.41) is 12.7. The van der Waals surface area contributed by atoms with Gasteiger partial charge in [0.1, 0.15) is 22.5 Å². The zero-order chi connectivity index (χ0) is 19.3. The van der Waals surface area contributed by atoms with E-state index in [2.05, 4.69) is 10.4 Å². The van der Waals surface area contributed by atoms with E-state index in [9.17, 15) is 4.79 Å². The Kier molecular flexibility index (Phi) is 3.84. The molecule has 8 heteroatoms. The predicted molar refractivity (Wildman–Crippen MR) is 104 cm³/mol. The summed E-state index contributed by atoms with van der Waals surface area (Å²) in [6, 6.07) is 12.7. The highest BCUT2D eigenvalue weighted by Gasteiger charge is 2.31. The summed E-state index contributed by atoms with van der Waals surface area (Å²) < 4.78 is 10.8. The van der Waals surface area contributed by atoms with Gasteiger partial charge in [-0.3, -0.25) is 4.79 Å². The Hall–Kier alpha value is -3.32. The Labute approximate surface area is 164 Å². The number of benzene rings is 2. The van der Waals surface area contributed by atoms with Gasteiger partial charge < -0.3 is 14.5 Å². The molecule has 1 atom stereocenters. The first-order valence-corrected chi connectivity index (χ1v) is 9.09. The van der Waals surface area contributed by atoms with Gasteiger partial charge in [-0.15, -0.1) is 10.2 Å². The van der Waals surface area contributed by atoms with Crippen molar-refractivity contribution >= 4 is 34.2 Å². The zero-order valence-corrected chi connectivity index (χ0v) is 15.6. The van der Waals surface area contributed by atoms with Crippen LogP contribution in [0.3, 0.4) is 0 Å². The van der Waals surface area contributed by atoms with E-state index >= 15 is 0 Å². The summed E-state index contributed by atoms with van der Waals surface area (Å²) in [4.78, 5) is 13.7. The third kappa shape index (κ3) is 2.63. The Bertz CT molecular complexity index is 1200. The number of halogens is 1. The highest BCUT2D eigenvalue weighted by atomic mass is 35.5. The largest absolute Gasteiger partial charge is 0.495 e. The molecule has 0 saturated carbocycles. The van der Waals surface area contributed by atoms with Crippen LogP contribution in [0.15, 0.2) is 53.1 Å². The highest BCUT2D eigenvalue weighted by Crippen LogP contribution is 2.41. The first kappa shape index (κ1) is 16.8. The fourth-order valence-corrected chi connectivity index (χ4v) is 3.83. The summed E-state index contributed by atoms with van der Waals surface area (Å²) >= 11 is 6.25. The SMILES string of the molecule is COc1ccc(-n2nc3ccc4c(c3n2)[C@H](c2ccco2)CC(=O)N4)cc1Cl. The van der Waals surface area contributed by atoms with Gasteiger partial charge in [-0.05, 0) is 42.5 Å². The third-order valence-corrected chi connectivity index (χ3v) is 5.15. The van der Waals surface area contributed by atoms with Gasteiger partial charge in [0.05, 0.1) is 30.0 Å². The van der Waals surface area contributed by atoms with Crippen molar-refractivity contribution in [1.82, 2.24) is 15.0 Å². The van der Waals surface area contributed by atoms with Gasteiger partial charge in [0, 0.05) is 17.7 Å². The number of nitrogens with one attached hydrogen (secondary N) is 1. The third-order valence-electron chi connectivity index (χ3n) is 4.86. The minimum atomic E-state index is -0.216. The summed E-state index contributed by atoms with van der Waals surface area (Å²) in [5.41, 5.74) is 3.78. The minimum absolute atomic E-state index is 0.0532. The molecular formula is C20H15ClN4O3. The lowest BCUT2D eigenvalue weighted by Crippen LogP contribution is -2.23. The number of fused-ring (bicyclic) bond motifs is 3. The van der Waals surface area contributed by atoms with E-state index < -0.39 is 0 Å². The number of hydrogen-bond acceptors (Lipinski definition) is 5. The molecule has 1 N–H and O–H groups in total. The number of carbonyl (C=O) groups excluding carboxylic acids is 1. The van der Waals surface area contributed by atoms with E-state index in [1.165, 1.54) is 4.80 Å². The van der Waals surface area contributed by atoms with Crippen molar-refractivity contribution in [2.75, 3.05) is 12.4 Å². The number of anilines is 1. The van der Waals surface area contributed by atoms with Crippen LogP contribution in [0.5, 0.6) is 5.75 Å². The number of rotatable bonds is 3. The first-order valence-electron chi connectivity index (χ1n) is 8.71. The molecule has 0 bridgehead atoms. The average molecular weight is 395 g/mol. The molecular weight excluding hydrogens is 380 g/mol. The number of hydrogen-bond donors (Lipinski definition) is 1.